The molecular formula is C14H20F2N2O3S. The van der Waals surface area contributed by atoms with E-state index in [1.165, 1.54) is 10.4 Å². The van der Waals surface area contributed by atoms with Crippen LogP contribution < -0.4 is 5.32 Å². The van der Waals surface area contributed by atoms with Crippen LogP contribution in [0.5, 0.6) is 0 Å². The largest absolute Gasteiger partial charge is 0.321 e. The Labute approximate surface area is 129 Å². The van der Waals surface area contributed by atoms with Gasteiger partial charge in [0.1, 0.15) is 17.3 Å². The maximum absolute atomic E-state index is 13.4. The van der Waals surface area contributed by atoms with Crippen molar-refractivity contribution in [3.8, 4) is 0 Å². The van der Waals surface area contributed by atoms with E-state index in [4.69, 9.17) is 0 Å². The minimum atomic E-state index is -3.46. The number of nitrogens with zero attached hydrogens (tertiary/aromatic N) is 1. The Morgan fingerprint density at radius 3 is 2.32 bits per heavy atom. The van der Waals surface area contributed by atoms with E-state index in [9.17, 15) is 22.0 Å². The zero-order valence-corrected chi connectivity index (χ0v) is 13.6. The quantitative estimate of drug-likeness (QED) is 0.832. The van der Waals surface area contributed by atoms with E-state index < -0.39 is 33.3 Å². The van der Waals surface area contributed by atoms with E-state index in [2.05, 4.69) is 5.32 Å². The number of carbonyl (C=O) groups excluding carboxylic acids is 1. The van der Waals surface area contributed by atoms with Crippen LogP contribution in [-0.2, 0) is 14.8 Å². The van der Waals surface area contributed by atoms with Crippen LogP contribution in [0.1, 0.15) is 26.7 Å². The highest BCUT2D eigenvalue weighted by Gasteiger charge is 2.23. The van der Waals surface area contributed by atoms with E-state index in [0.717, 1.165) is 18.4 Å². The van der Waals surface area contributed by atoms with Gasteiger partial charge in [0, 0.05) is 19.0 Å². The Hall–Kier alpha value is -1.54. The van der Waals surface area contributed by atoms with Crippen molar-refractivity contribution in [3.63, 3.8) is 0 Å². The highest BCUT2D eigenvalue weighted by molar-refractivity contribution is 7.88. The number of nitrogens with one attached hydrogen (secondary N) is 1. The molecule has 0 bridgehead atoms. The Bertz CT molecular complexity index is 615. The van der Waals surface area contributed by atoms with Crippen molar-refractivity contribution < 1.29 is 22.0 Å². The maximum atomic E-state index is 13.4. The molecule has 124 valence electrons. The highest BCUT2D eigenvalue weighted by atomic mass is 32.2. The first-order valence-corrected chi connectivity index (χ1v) is 8.72. The Balaban J connectivity index is 2.73. The number of anilines is 1. The summed E-state index contributed by atoms with van der Waals surface area (Å²) in [5.41, 5.74) is -0.526. The fourth-order valence-corrected chi connectivity index (χ4v) is 3.17. The Kier molecular flexibility index (Phi) is 6.43. The molecule has 0 aromatic heterocycles. The first-order valence-electron chi connectivity index (χ1n) is 6.87. The smallest absolute Gasteiger partial charge is 0.225 e. The lowest BCUT2D eigenvalue weighted by Gasteiger charge is -2.25. The van der Waals surface area contributed by atoms with Crippen molar-refractivity contribution in [1.82, 2.24) is 4.31 Å². The molecule has 1 unspecified atom stereocenters. The van der Waals surface area contributed by atoms with Crippen molar-refractivity contribution in [2.75, 3.05) is 18.1 Å². The fraction of sp³-hybridized carbons (Fsp3) is 0.500. The third-order valence-corrected chi connectivity index (χ3v) is 4.69. The average molecular weight is 334 g/mol. The van der Waals surface area contributed by atoms with Gasteiger partial charge in [-0.05, 0) is 25.5 Å². The summed E-state index contributed by atoms with van der Waals surface area (Å²) in [6.07, 6.45) is 1.47. The van der Waals surface area contributed by atoms with Gasteiger partial charge in [-0.1, -0.05) is 13.0 Å². The second-order valence-electron chi connectivity index (χ2n) is 5.03. The molecule has 1 aromatic carbocycles. The minimum absolute atomic E-state index is 0.0459. The SMILES string of the molecule is CCC(C)N(CCC(=O)Nc1c(F)cccc1F)S(C)(=O)=O. The fourth-order valence-electron chi connectivity index (χ4n) is 1.95. The van der Waals surface area contributed by atoms with E-state index >= 15 is 0 Å². The third kappa shape index (κ3) is 5.03. The zero-order chi connectivity index (χ0) is 16.9. The van der Waals surface area contributed by atoms with Crippen molar-refractivity contribution in [2.45, 2.75) is 32.7 Å². The number of amides is 1. The molecule has 22 heavy (non-hydrogen) atoms. The lowest BCUT2D eigenvalue weighted by Crippen LogP contribution is -2.39. The standard InChI is InChI=1S/C14H20F2N2O3S/c1-4-10(2)18(22(3,20)21)9-8-13(19)17-14-11(15)6-5-7-12(14)16/h5-7,10H,4,8-9H2,1-3H3,(H,17,19). The van der Waals surface area contributed by atoms with Crippen LogP contribution in [0.3, 0.4) is 0 Å². The monoisotopic (exact) mass is 334 g/mol. The summed E-state index contributed by atoms with van der Waals surface area (Å²) in [5, 5.41) is 2.13. The summed E-state index contributed by atoms with van der Waals surface area (Å²) < 4.78 is 51.4. The second-order valence-corrected chi connectivity index (χ2v) is 6.96. The molecule has 1 N–H and O–H groups in total. The second kappa shape index (κ2) is 7.64. The van der Waals surface area contributed by atoms with Gasteiger partial charge in [0.15, 0.2) is 0 Å². The first kappa shape index (κ1) is 18.5. The van der Waals surface area contributed by atoms with Crippen molar-refractivity contribution in [3.05, 3.63) is 29.8 Å². The number of carbonyl (C=O) groups is 1. The molecule has 0 fully saturated rings. The molecule has 0 aliphatic rings. The van der Waals surface area contributed by atoms with Gasteiger partial charge in [0.05, 0.1) is 6.26 Å². The lowest BCUT2D eigenvalue weighted by molar-refractivity contribution is -0.116. The number of hydrogen-bond acceptors (Lipinski definition) is 3. The topological polar surface area (TPSA) is 66.5 Å². The third-order valence-electron chi connectivity index (χ3n) is 3.29. The summed E-state index contributed by atoms with van der Waals surface area (Å²) >= 11 is 0. The molecule has 1 aromatic rings. The highest BCUT2D eigenvalue weighted by Crippen LogP contribution is 2.18. The normalized spacial score (nSPS) is 13.2. The van der Waals surface area contributed by atoms with Gasteiger partial charge in [-0.2, -0.15) is 4.31 Å². The predicted molar refractivity (Wildman–Crippen MR) is 80.9 cm³/mol. The molecule has 0 radical (unpaired) electrons. The van der Waals surface area contributed by atoms with Gasteiger partial charge >= 0.3 is 0 Å². The number of rotatable bonds is 7. The summed E-state index contributed by atoms with van der Waals surface area (Å²) in [6.45, 7) is 3.52. The van der Waals surface area contributed by atoms with Gasteiger partial charge in [0.2, 0.25) is 15.9 Å². The molecule has 5 nitrogen and oxygen atoms in total. The van der Waals surface area contributed by atoms with Gasteiger partial charge < -0.3 is 5.32 Å². The number of halogens is 2. The van der Waals surface area contributed by atoms with Crippen LogP contribution in [0.25, 0.3) is 0 Å². The maximum Gasteiger partial charge on any atom is 0.225 e. The molecule has 1 amide bonds. The van der Waals surface area contributed by atoms with Crippen LogP contribution in [0, 0.1) is 11.6 Å². The van der Waals surface area contributed by atoms with E-state index in [1.807, 2.05) is 6.92 Å². The summed E-state index contributed by atoms with van der Waals surface area (Å²) in [6, 6.07) is 2.99. The van der Waals surface area contributed by atoms with E-state index in [-0.39, 0.29) is 19.0 Å². The van der Waals surface area contributed by atoms with Gasteiger partial charge in [-0.25, -0.2) is 17.2 Å². The minimum Gasteiger partial charge on any atom is -0.321 e. The molecule has 8 heteroatoms. The number of para-hydroxylation sites is 1. The molecule has 0 spiro atoms. The Morgan fingerprint density at radius 1 is 1.32 bits per heavy atom. The molecule has 0 heterocycles. The van der Waals surface area contributed by atoms with Crippen LogP contribution in [-0.4, -0.2) is 37.5 Å². The van der Waals surface area contributed by atoms with E-state index in [0.29, 0.717) is 6.42 Å². The molecule has 0 saturated carbocycles. The van der Waals surface area contributed by atoms with Crippen molar-refractivity contribution in [2.24, 2.45) is 0 Å². The molecular weight excluding hydrogens is 314 g/mol. The summed E-state index contributed by atoms with van der Waals surface area (Å²) in [4.78, 5) is 11.8. The number of hydrogen-bond donors (Lipinski definition) is 1. The van der Waals surface area contributed by atoms with Gasteiger partial charge in [-0.15, -0.1) is 0 Å². The predicted octanol–water partition coefficient (Wildman–Crippen LogP) is 2.35. The molecule has 0 saturated heterocycles. The van der Waals surface area contributed by atoms with Crippen LogP contribution in [0.2, 0.25) is 0 Å². The summed E-state index contributed by atoms with van der Waals surface area (Å²) in [7, 11) is -3.46. The molecule has 0 aliphatic carbocycles. The lowest BCUT2D eigenvalue weighted by atomic mass is 10.2. The van der Waals surface area contributed by atoms with Crippen LogP contribution in [0.4, 0.5) is 14.5 Å². The zero-order valence-electron chi connectivity index (χ0n) is 12.8. The molecule has 0 aliphatic heterocycles. The first-order chi connectivity index (χ1) is 10.2. The van der Waals surface area contributed by atoms with Crippen molar-refractivity contribution >= 4 is 21.6 Å². The van der Waals surface area contributed by atoms with Gasteiger partial charge in [-0.3, -0.25) is 4.79 Å². The summed E-state index contributed by atoms with van der Waals surface area (Å²) in [5.74, 6) is -2.41. The van der Waals surface area contributed by atoms with E-state index in [1.54, 1.807) is 6.92 Å². The number of sulfonamides is 1. The number of benzene rings is 1. The molecule has 1 atom stereocenters. The van der Waals surface area contributed by atoms with Crippen LogP contribution in [0.15, 0.2) is 18.2 Å². The van der Waals surface area contributed by atoms with Crippen LogP contribution >= 0.6 is 0 Å². The van der Waals surface area contributed by atoms with Crippen molar-refractivity contribution in [1.29, 1.82) is 0 Å². The Morgan fingerprint density at radius 2 is 1.86 bits per heavy atom. The van der Waals surface area contributed by atoms with Gasteiger partial charge in [0.25, 0.3) is 0 Å². The molecule has 1 rings (SSSR count). The average Bonchev–Trinajstić information content (AvgIpc) is 2.41.